The fraction of sp³-hybridized carbons (Fsp3) is 0.438. The fourth-order valence-electron chi connectivity index (χ4n) is 1.46. The Morgan fingerprint density at radius 1 is 1.48 bits per heavy atom. The Balaban J connectivity index is 2.50. The number of amides is 2. The Hall–Kier alpha value is -2.19. The fourth-order valence-corrected chi connectivity index (χ4v) is 1.46. The number of hydrogen-bond donors (Lipinski definition) is 3. The van der Waals surface area contributed by atoms with Gasteiger partial charge in [0.1, 0.15) is 12.4 Å². The van der Waals surface area contributed by atoms with Crippen molar-refractivity contribution in [3.8, 4) is 18.1 Å². The largest absolute Gasteiger partial charge is 0.481 e. The molecule has 0 spiro atoms. The molecule has 0 saturated heterocycles. The van der Waals surface area contributed by atoms with Gasteiger partial charge < -0.3 is 20.5 Å². The van der Waals surface area contributed by atoms with E-state index in [0.29, 0.717) is 11.4 Å². The summed E-state index contributed by atoms with van der Waals surface area (Å²) in [6, 6.07) is 6.54. The van der Waals surface area contributed by atoms with E-state index in [1.54, 1.807) is 24.3 Å². The van der Waals surface area contributed by atoms with Gasteiger partial charge in [0.2, 0.25) is 0 Å². The highest BCUT2D eigenvalue weighted by Gasteiger charge is 2.22. The van der Waals surface area contributed by atoms with Crippen molar-refractivity contribution in [2.24, 2.45) is 5.41 Å². The first-order valence-electron chi connectivity index (χ1n) is 6.72. The molecular weight excluding hydrogens is 268 g/mol. The predicted octanol–water partition coefficient (Wildman–Crippen LogP) is 2.23. The zero-order valence-corrected chi connectivity index (χ0v) is 12.6. The second-order valence-electron chi connectivity index (χ2n) is 5.74. The standard InChI is InChI=1S/C16H22N2O3/c1-5-9-21-13-8-6-7-12(10-13)18-15(20)17-11-14(19)16(2,3)4/h1,6-8,10,14,19H,9,11H2,2-4H3,(H2,17,18,20). The average molecular weight is 290 g/mol. The summed E-state index contributed by atoms with van der Waals surface area (Å²) in [6.07, 6.45) is 4.50. The van der Waals surface area contributed by atoms with Crippen LogP contribution in [0.3, 0.4) is 0 Å². The summed E-state index contributed by atoms with van der Waals surface area (Å²) in [4.78, 5) is 11.8. The SMILES string of the molecule is C#CCOc1cccc(NC(=O)NCC(O)C(C)(C)C)c1. The summed E-state index contributed by atoms with van der Waals surface area (Å²) in [5.74, 6) is 2.96. The molecule has 21 heavy (non-hydrogen) atoms. The second-order valence-corrected chi connectivity index (χ2v) is 5.74. The van der Waals surface area contributed by atoms with Gasteiger partial charge >= 0.3 is 6.03 Å². The van der Waals surface area contributed by atoms with E-state index < -0.39 is 6.10 Å². The van der Waals surface area contributed by atoms with Crippen molar-refractivity contribution in [3.63, 3.8) is 0 Å². The molecule has 0 radical (unpaired) electrons. The van der Waals surface area contributed by atoms with Gasteiger partial charge in [-0.2, -0.15) is 0 Å². The smallest absolute Gasteiger partial charge is 0.319 e. The summed E-state index contributed by atoms with van der Waals surface area (Å²) in [5.41, 5.74) is 0.309. The van der Waals surface area contributed by atoms with Crippen molar-refractivity contribution in [1.82, 2.24) is 5.32 Å². The van der Waals surface area contributed by atoms with Crippen LogP contribution >= 0.6 is 0 Å². The van der Waals surface area contributed by atoms with Crippen LogP contribution < -0.4 is 15.4 Å². The molecule has 1 atom stereocenters. The molecule has 0 saturated carbocycles. The molecule has 114 valence electrons. The summed E-state index contributed by atoms with van der Waals surface area (Å²) in [6.45, 7) is 6.08. The number of terminal acetylenes is 1. The van der Waals surface area contributed by atoms with Crippen LogP contribution in [0.1, 0.15) is 20.8 Å². The first-order valence-corrected chi connectivity index (χ1v) is 6.72. The lowest BCUT2D eigenvalue weighted by molar-refractivity contribution is 0.0654. The number of nitrogens with one attached hydrogen (secondary N) is 2. The molecule has 0 fully saturated rings. The Morgan fingerprint density at radius 2 is 2.19 bits per heavy atom. The van der Waals surface area contributed by atoms with E-state index in [1.165, 1.54) is 0 Å². The van der Waals surface area contributed by atoms with Gasteiger partial charge in [-0.1, -0.05) is 32.8 Å². The van der Waals surface area contributed by atoms with Gasteiger partial charge in [-0.05, 0) is 17.5 Å². The first-order chi connectivity index (χ1) is 9.82. The third kappa shape index (κ3) is 6.19. The van der Waals surface area contributed by atoms with Crippen molar-refractivity contribution >= 4 is 11.7 Å². The Kier molecular flexibility index (Phi) is 6.07. The molecule has 3 N–H and O–H groups in total. The molecule has 1 rings (SSSR count). The third-order valence-electron chi connectivity index (χ3n) is 2.87. The molecular formula is C16H22N2O3. The number of urea groups is 1. The van der Waals surface area contributed by atoms with Crippen molar-refractivity contribution < 1.29 is 14.6 Å². The van der Waals surface area contributed by atoms with Gasteiger partial charge in [0.25, 0.3) is 0 Å². The number of benzene rings is 1. The van der Waals surface area contributed by atoms with E-state index in [-0.39, 0.29) is 24.6 Å². The van der Waals surface area contributed by atoms with Crippen LogP contribution in [-0.4, -0.2) is 30.4 Å². The quantitative estimate of drug-likeness (QED) is 0.728. The molecule has 0 bridgehead atoms. The van der Waals surface area contributed by atoms with Crippen LogP contribution in [-0.2, 0) is 0 Å². The summed E-state index contributed by atoms with van der Waals surface area (Å²) >= 11 is 0. The molecule has 1 aromatic rings. The lowest BCUT2D eigenvalue weighted by Crippen LogP contribution is -2.40. The van der Waals surface area contributed by atoms with Crippen molar-refractivity contribution in [1.29, 1.82) is 0 Å². The van der Waals surface area contributed by atoms with E-state index in [0.717, 1.165) is 0 Å². The van der Waals surface area contributed by atoms with Crippen LogP contribution in [0.4, 0.5) is 10.5 Å². The number of hydrogen-bond acceptors (Lipinski definition) is 3. The molecule has 1 unspecified atom stereocenters. The van der Waals surface area contributed by atoms with Crippen molar-refractivity contribution in [2.45, 2.75) is 26.9 Å². The Bertz CT molecular complexity index is 515. The molecule has 0 aliphatic rings. The lowest BCUT2D eigenvalue weighted by Gasteiger charge is -2.25. The minimum Gasteiger partial charge on any atom is -0.481 e. The van der Waals surface area contributed by atoms with Crippen LogP contribution in [0, 0.1) is 17.8 Å². The Labute approximate surface area is 125 Å². The average Bonchev–Trinajstić information content (AvgIpc) is 2.42. The summed E-state index contributed by atoms with van der Waals surface area (Å²) in [7, 11) is 0. The normalized spacial score (nSPS) is 12.1. The van der Waals surface area contributed by atoms with Crippen LogP contribution in [0.15, 0.2) is 24.3 Å². The molecule has 0 aromatic heterocycles. The number of carbonyl (C=O) groups excluding carboxylic acids is 1. The van der Waals surface area contributed by atoms with Crippen molar-refractivity contribution in [3.05, 3.63) is 24.3 Å². The molecule has 5 heteroatoms. The van der Waals surface area contributed by atoms with E-state index in [4.69, 9.17) is 11.2 Å². The maximum absolute atomic E-state index is 11.8. The van der Waals surface area contributed by atoms with Gasteiger partial charge in [0.15, 0.2) is 0 Å². The molecule has 0 aliphatic heterocycles. The second kappa shape index (κ2) is 7.55. The maximum Gasteiger partial charge on any atom is 0.319 e. The third-order valence-corrected chi connectivity index (χ3v) is 2.87. The van der Waals surface area contributed by atoms with E-state index >= 15 is 0 Å². The predicted molar refractivity (Wildman–Crippen MR) is 83.3 cm³/mol. The van der Waals surface area contributed by atoms with Gasteiger partial charge in [-0.25, -0.2) is 4.79 Å². The van der Waals surface area contributed by atoms with Gasteiger partial charge in [0, 0.05) is 18.3 Å². The number of carbonyl (C=O) groups is 1. The molecule has 2 amide bonds. The maximum atomic E-state index is 11.8. The molecule has 0 aliphatic carbocycles. The summed E-state index contributed by atoms with van der Waals surface area (Å²) < 4.78 is 5.27. The highest BCUT2D eigenvalue weighted by atomic mass is 16.5. The van der Waals surface area contributed by atoms with Crippen molar-refractivity contribution in [2.75, 3.05) is 18.5 Å². The number of rotatable bonds is 5. The number of aliphatic hydroxyl groups is 1. The van der Waals surface area contributed by atoms with E-state index in [9.17, 15) is 9.90 Å². The van der Waals surface area contributed by atoms with Crippen LogP contribution in [0.25, 0.3) is 0 Å². The zero-order chi connectivity index (χ0) is 15.9. The van der Waals surface area contributed by atoms with E-state index in [1.807, 2.05) is 20.8 Å². The highest BCUT2D eigenvalue weighted by molar-refractivity contribution is 5.89. The molecule has 0 heterocycles. The van der Waals surface area contributed by atoms with E-state index in [2.05, 4.69) is 16.6 Å². The van der Waals surface area contributed by atoms with Crippen LogP contribution in [0.5, 0.6) is 5.75 Å². The number of ether oxygens (including phenoxy) is 1. The molecule has 1 aromatic carbocycles. The van der Waals surface area contributed by atoms with Gasteiger partial charge in [-0.15, -0.1) is 6.42 Å². The topological polar surface area (TPSA) is 70.6 Å². The zero-order valence-electron chi connectivity index (χ0n) is 12.6. The number of aliphatic hydroxyl groups excluding tert-OH is 1. The minimum atomic E-state index is -0.617. The number of anilines is 1. The van der Waals surface area contributed by atoms with Gasteiger partial charge in [-0.3, -0.25) is 0 Å². The van der Waals surface area contributed by atoms with Crippen LogP contribution in [0.2, 0.25) is 0 Å². The van der Waals surface area contributed by atoms with Gasteiger partial charge in [0.05, 0.1) is 6.10 Å². The summed E-state index contributed by atoms with van der Waals surface area (Å²) in [5, 5.41) is 15.2. The highest BCUT2D eigenvalue weighted by Crippen LogP contribution is 2.19. The Morgan fingerprint density at radius 3 is 2.81 bits per heavy atom. The first kappa shape index (κ1) is 16.9. The lowest BCUT2D eigenvalue weighted by atomic mass is 9.89. The minimum absolute atomic E-state index is 0.174. The molecule has 5 nitrogen and oxygen atoms in total. The monoisotopic (exact) mass is 290 g/mol.